The van der Waals surface area contributed by atoms with Gasteiger partial charge in [0.25, 0.3) is 0 Å². The van der Waals surface area contributed by atoms with Crippen LogP contribution in [0.3, 0.4) is 0 Å². The molecule has 0 bridgehead atoms. The lowest BCUT2D eigenvalue weighted by molar-refractivity contribution is -0.116. The van der Waals surface area contributed by atoms with Crippen molar-refractivity contribution in [1.82, 2.24) is 4.31 Å². The number of fused-ring (bicyclic) bond motifs is 1. The summed E-state index contributed by atoms with van der Waals surface area (Å²) in [5, 5.41) is 0. The Morgan fingerprint density at radius 1 is 1.33 bits per heavy atom. The van der Waals surface area contributed by atoms with E-state index in [9.17, 15) is 13.2 Å². The SMILES string of the molecule is CC(=O)N1CCc2ccc(S(=O)(=O)N3CCCC(CCN)C3)cc21. The number of anilines is 1. The molecular formula is C17H25N3O3S. The van der Waals surface area contributed by atoms with Gasteiger partial charge in [-0.05, 0) is 55.8 Å². The van der Waals surface area contributed by atoms with Gasteiger partial charge in [-0.1, -0.05) is 6.07 Å². The first-order valence-corrected chi connectivity index (χ1v) is 9.98. The molecule has 24 heavy (non-hydrogen) atoms. The van der Waals surface area contributed by atoms with Gasteiger partial charge in [-0.15, -0.1) is 0 Å². The zero-order chi connectivity index (χ0) is 17.3. The maximum absolute atomic E-state index is 13.0. The minimum Gasteiger partial charge on any atom is -0.330 e. The minimum atomic E-state index is -3.53. The molecular weight excluding hydrogens is 326 g/mol. The number of carbonyl (C=O) groups is 1. The number of benzene rings is 1. The standard InChI is InChI=1S/C17H25N3O3S/c1-13(21)20-10-7-15-4-5-16(11-17(15)20)24(22,23)19-9-2-3-14(12-19)6-8-18/h4-5,11,14H,2-3,6-10,12,18H2,1H3. The van der Waals surface area contributed by atoms with Gasteiger partial charge in [-0.25, -0.2) is 8.42 Å². The second-order valence-corrected chi connectivity index (χ2v) is 8.60. The van der Waals surface area contributed by atoms with Crippen molar-refractivity contribution in [3.05, 3.63) is 23.8 Å². The van der Waals surface area contributed by atoms with Crippen molar-refractivity contribution < 1.29 is 13.2 Å². The molecule has 0 aliphatic carbocycles. The lowest BCUT2D eigenvalue weighted by Crippen LogP contribution is -2.40. The van der Waals surface area contributed by atoms with Crippen molar-refractivity contribution >= 4 is 21.6 Å². The number of hydrogen-bond acceptors (Lipinski definition) is 4. The largest absolute Gasteiger partial charge is 0.330 e. The van der Waals surface area contributed by atoms with Crippen LogP contribution < -0.4 is 10.6 Å². The van der Waals surface area contributed by atoms with E-state index < -0.39 is 10.0 Å². The Balaban J connectivity index is 1.88. The smallest absolute Gasteiger partial charge is 0.243 e. The van der Waals surface area contributed by atoms with Crippen molar-refractivity contribution in [1.29, 1.82) is 0 Å². The molecule has 2 heterocycles. The number of hydrogen-bond donors (Lipinski definition) is 1. The van der Waals surface area contributed by atoms with Crippen LogP contribution in [0.25, 0.3) is 0 Å². The number of amides is 1. The Morgan fingerprint density at radius 3 is 2.83 bits per heavy atom. The van der Waals surface area contributed by atoms with Crippen molar-refractivity contribution in [2.75, 3.05) is 31.1 Å². The van der Waals surface area contributed by atoms with Gasteiger partial charge >= 0.3 is 0 Å². The fraction of sp³-hybridized carbons (Fsp3) is 0.588. The summed E-state index contributed by atoms with van der Waals surface area (Å²) in [4.78, 5) is 13.7. The van der Waals surface area contributed by atoms with E-state index in [1.54, 1.807) is 21.3 Å². The number of nitrogens with two attached hydrogens (primary N) is 1. The van der Waals surface area contributed by atoms with Crippen LogP contribution in [0.4, 0.5) is 5.69 Å². The van der Waals surface area contributed by atoms with E-state index in [0.717, 1.165) is 36.9 Å². The van der Waals surface area contributed by atoms with Gasteiger partial charge in [0, 0.05) is 32.2 Å². The van der Waals surface area contributed by atoms with Crippen LogP contribution in [0.15, 0.2) is 23.1 Å². The monoisotopic (exact) mass is 351 g/mol. The van der Waals surface area contributed by atoms with E-state index in [-0.39, 0.29) is 10.8 Å². The highest BCUT2D eigenvalue weighted by Gasteiger charge is 2.31. The Hall–Kier alpha value is -1.44. The summed E-state index contributed by atoms with van der Waals surface area (Å²) in [6.45, 7) is 3.81. The van der Waals surface area contributed by atoms with Gasteiger partial charge in [0.2, 0.25) is 15.9 Å². The molecule has 132 valence electrons. The van der Waals surface area contributed by atoms with Crippen LogP contribution in [-0.4, -0.2) is 44.8 Å². The first kappa shape index (κ1) is 17.4. The van der Waals surface area contributed by atoms with Gasteiger partial charge < -0.3 is 10.6 Å². The summed E-state index contributed by atoms with van der Waals surface area (Å²) in [6, 6.07) is 5.17. The molecule has 1 fully saturated rings. The van der Waals surface area contributed by atoms with E-state index in [2.05, 4.69) is 0 Å². The average Bonchev–Trinajstić information content (AvgIpc) is 2.98. The van der Waals surface area contributed by atoms with E-state index in [1.807, 2.05) is 6.07 Å². The first-order chi connectivity index (χ1) is 11.4. The highest BCUT2D eigenvalue weighted by Crippen LogP contribution is 2.32. The molecule has 1 unspecified atom stereocenters. The highest BCUT2D eigenvalue weighted by atomic mass is 32.2. The molecule has 1 aromatic rings. The molecule has 1 atom stereocenters. The van der Waals surface area contributed by atoms with Crippen LogP contribution in [0, 0.1) is 5.92 Å². The number of rotatable bonds is 4. The molecule has 6 nitrogen and oxygen atoms in total. The maximum Gasteiger partial charge on any atom is 0.243 e. The van der Waals surface area contributed by atoms with Crippen molar-refractivity contribution in [2.24, 2.45) is 11.7 Å². The second kappa shape index (κ2) is 6.82. The van der Waals surface area contributed by atoms with Crippen LogP contribution in [0.1, 0.15) is 31.7 Å². The van der Waals surface area contributed by atoms with Gasteiger partial charge in [0.1, 0.15) is 0 Å². The minimum absolute atomic E-state index is 0.0516. The number of piperidine rings is 1. The maximum atomic E-state index is 13.0. The summed E-state index contributed by atoms with van der Waals surface area (Å²) in [7, 11) is -3.53. The molecule has 0 radical (unpaired) electrons. The summed E-state index contributed by atoms with van der Waals surface area (Å²) in [5.41, 5.74) is 7.39. The molecule has 2 aliphatic heterocycles. The molecule has 2 aliphatic rings. The molecule has 0 aromatic heterocycles. The normalized spacial score (nSPS) is 21.8. The van der Waals surface area contributed by atoms with E-state index >= 15 is 0 Å². The predicted molar refractivity (Wildman–Crippen MR) is 93.3 cm³/mol. The molecule has 1 saturated heterocycles. The summed E-state index contributed by atoms with van der Waals surface area (Å²) < 4.78 is 27.6. The van der Waals surface area contributed by atoms with Gasteiger partial charge in [0.05, 0.1) is 4.90 Å². The lowest BCUT2D eigenvalue weighted by atomic mass is 9.96. The molecule has 0 saturated carbocycles. The zero-order valence-corrected chi connectivity index (χ0v) is 14.9. The molecule has 7 heteroatoms. The van der Waals surface area contributed by atoms with Crippen molar-refractivity contribution in [3.8, 4) is 0 Å². The average molecular weight is 351 g/mol. The van der Waals surface area contributed by atoms with Crippen molar-refractivity contribution in [2.45, 2.75) is 37.5 Å². The number of carbonyl (C=O) groups excluding carboxylic acids is 1. The van der Waals surface area contributed by atoms with Crippen molar-refractivity contribution in [3.63, 3.8) is 0 Å². The highest BCUT2D eigenvalue weighted by molar-refractivity contribution is 7.89. The van der Waals surface area contributed by atoms with Gasteiger partial charge in [-0.3, -0.25) is 4.79 Å². The zero-order valence-electron chi connectivity index (χ0n) is 14.1. The summed E-state index contributed by atoms with van der Waals surface area (Å²) >= 11 is 0. The lowest BCUT2D eigenvalue weighted by Gasteiger charge is -2.32. The predicted octanol–water partition coefficient (Wildman–Crippen LogP) is 1.35. The third-order valence-corrected chi connectivity index (χ3v) is 6.89. The second-order valence-electron chi connectivity index (χ2n) is 6.66. The van der Waals surface area contributed by atoms with E-state index in [1.165, 1.54) is 6.92 Å². The van der Waals surface area contributed by atoms with Crippen LogP contribution in [0.2, 0.25) is 0 Å². The Morgan fingerprint density at radius 2 is 2.12 bits per heavy atom. The number of nitrogens with zero attached hydrogens (tertiary/aromatic N) is 2. The number of sulfonamides is 1. The van der Waals surface area contributed by atoms with Crippen LogP contribution >= 0.6 is 0 Å². The third kappa shape index (κ3) is 3.20. The first-order valence-electron chi connectivity index (χ1n) is 8.54. The Bertz CT molecular complexity index is 731. The van der Waals surface area contributed by atoms with E-state index in [4.69, 9.17) is 5.73 Å². The third-order valence-electron chi connectivity index (χ3n) is 5.03. The Kier molecular flexibility index (Phi) is 4.94. The van der Waals surface area contributed by atoms with E-state index in [0.29, 0.717) is 32.1 Å². The summed E-state index contributed by atoms with van der Waals surface area (Å²) in [5.74, 6) is 0.283. The fourth-order valence-electron chi connectivity index (χ4n) is 3.71. The molecule has 1 amide bonds. The molecule has 1 aromatic carbocycles. The van der Waals surface area contributed by atoms with Crippen LogP contribution in [0.5, 0.6) is 0 Å². The molecule has 3 rings (SSSR count). The quantitative estimate of drug-likeness (QED) is 0.887. The summed E-state index contributed by atoms with van der Waals surface area (Å²) in [6.07, 6.45) is 3.53. The van der Waals surface area contributed by atoms with Gasteiger partial charge in [-0.2, -0.15) is 4.31 Å². The van der Waals surface area contributed by atoms with Crippen LogP contribution in [-0.2, 0) is 21.2 Å². The topological polar surface area (TPSA) is 83.7 Å². The molecule has 2 N–H and O–H groups in total. The Labute approximate surface area is 143 Å². The molecule has 0 spiro atoms. The fourth-order valence-corrected chi connectivity index (χ4v) is 5.29. The van der Waals surface area contributed by atoms with Gasteiger partial charge in [0.15, 0.2) is 0 Å².